The van der Waals surface area contributed by atoms with Crippen LogP contribution in [0.25, 0.3) is 6.08 Å². The molecular weight excluding hydrogens is 518 g/mol. The van der Waals surface area contributed by atoms with Crippen molar-refractivity contribution in [3.05, 3.63) is 113 Å². The number of hydrogen-bond donors (Lipinski definition) is 1. The Labute approximate surface area is 242 Å². The van der Waals surface area contributed by atoms with E-state index in [0.29, 0.717) is 0 Å². The highest BCUT2D eigenvalue weighted by Gasteiger charge is 2.29. The van der Waals surface area contributed by atoms with Crippen LogP contribution in [0.2, 0.25) is 0 Å². The van der Waals surface area contributed by atoms with Gasteiger partial charge in [-0.3, -0.25) is 0 Å². The summed E-state index contributed by atoms with van der Waals surface area (Å²) in [6.45, 7) is 10.7. The number of hydrogen-bond acceptors (Lipinski definition) is 6. The standard InChI is InChI=1S/C34H39NO6/c1-33(2,3)40-29(36)22-21-24-17-19-25(20-18-24)23-28(35-32(38)41-34(4,5)6)31(37)39-30(26-13-9-7-10-14-26)27-15-11-8-12-16-27/h7-22,28,30H,23H2,1-6H3,(H,35,38)/t28-/m0/s1. The van der Waals surface area contributed by atoms with E-state index in [2.05, 4.69) is 5.32 Å². The van der Waals surface area contributed by atoms with E-state index in [9.17, 15) is 14.4 Å². The van der Waals surface area contributed by atoms with Gasteiger partial charge >= 0.3 is 18.0 Å². The SMILES string of the molecule is CC(C)(C)OC(=O)C=Cc1ccc(C[C@H](NC(=O)OC(C)(C)C)C(=O)OC(c2ccccc2)c2ccccc2)cc1. The molecular formula is C34H39NO6. The molecule has 0 aliphatic rings. The van der Waals surface area contributed by atoms with Crippen molar-refractivity contribution >= 4 is 24.1 Å². The fourth-order valence-corrected chi connectivity index (χ4v) is 3.93. The van der Waals surface area contributed by atoms with Gasteiger partial charge in [-0.2, -0.15) is 0 Å². The Hall–Kier alpha value is -4.39. The van der Waals surface area contributed by atoms with E-state index in [1.165, 1.54) is 6.08 Å². The molecule has 0 spiro atoms. The molecule has 216 valence electrons. The Kier molecular flexibility index (Phi) is 10.5. The molecule has 3 aromatic carbocycles. The molecule has 41 heavy (non-hydrogen) atoms. The van der Waals surface area contributed by atoms with Gasteiger partial charge < -0.3 is 19.5 Å². The average Bonchev–Trinajstić information content (AvgIpc) is 2.90. The molecule has 1 N–H and O–H groups in total. The van der Waals surface area contributed by atoms with Crippen LogP contribution in [0.3, 0.4) is 0 Å². The lowest BCUT2D eigenvalue weighted by Crippen LogP contribution is -2.45. The van der Waals surface area contributed by atoms with Crippen LogP contribution in [0, 0.1) is 0 Å². The van der Waals surface area contributed by atoms with Crippen LogP contribution in [0.1, 0.15) is 69.9 Å². The van der Waals surface area contributed by atoms with E-state index in [1.807, 2.05) is 106 Å². The average molecular weight is 558 g/mol. The van der Waals surface area contributed by atoms with Gasteiger partial charge in [-0.1, -0.05) is 84.9 Å². The second kappa shape index (κ2) is 13.8. The number of benzene rings is 3. The van der Waals surface area contributed by atoms with Gasteiger partial charge in [0.15, 0.2) is 6.10 Å². The maximum atomic E-state index is 13.6. The predicted octanol–water partition coefficient (Wildman–Crippen LogP) is 6.81. The number of carbonyl (C=O) groups excluding carboxylic acids is 3. The summed E-state index contributed by atoms with van der Waals surface area (Å²) >= 11 is 0. The maximum Gasteiger partial charge on any atom is 0.408 e. The number of nitrogens with one attached hydrogen (secondary N) is 1. The topological polar surface area (TPSA) is 90.9 Å². The van der Waals surface area contributed by atoms with Crippen molar-refractivity contribution in [2.45, 2.75) is 71.3 Å². The van der Waals surface area contributed by atoms with Crippen molar-refractivity contribution in [1.82, 2.24) is 5.32 Å². The highest BCUT2D eigenvalue weighted by Crippen LogP contribution is 2.27. The van der Waals surface area contributed by atoms with E-state index < -0.39 is 41.4 Å². The number of amides is 1. The third kappa shape index (κ3) is 11.0. The molecule has 7 heteroatoms. The summed E-state index contributed by atoms with van der Waals surface area (Å²) in [5, 5.41) is 2.70. The van der Waals surface area contributed by atoms with E-state index >= 15 is 0 Å². The summed E-state index contributed by atoms with van der Waals surface area (Å²) < 4.78 is 16.8. The zero-order valence-corrected chi connectivity index (χ0v) is 24.5. The molecule has 0 heterocycles. The summed E-state index contributed by atoms with van der Waals surface area (Å²) in [5.41, 5.74) is 1.88. The van der Waals surface area contributed by atoms with Gasteiger partial charge in [-0.25, -0.2) is 14.4 Å². The lowest BCUT2D eigenvalue weighted by atomic mass is 10.0. The largest absolute Gasteiger partial charge is 0.457 e. The van der Waals surface area contributed by atoms with E-state index in [1.54, 1.807) is 26.8 Å². The summed E-state index contributed by atoms with van der Waals surface area (Å²) in [6.07, 6.45) is 1.83. The molecule has 0 radical (unpaired) electrons. The molecule has 3 rings (SSSR count). The minimum atomic E-state index is -1.01. The molecule has 0 aromatic heterocycles. The Balaban J connectivity index is 1.81. The first-order chi connectivity index (χ1) is 19.3. The van der Waals surface area contributed by atoms with Crippen LogP contribution >= 0.6 is 0 Å². The molecule has 0 bridgehead atoms. The van der Waals surface area contributed by atoms with Gasteiger partial charge in [0.1, 0.15) is 17.2 Å². The third-order valence-electron chi connectivity index (χ3n) is 5.65. The Morgan fingerprint density at radius 1 is 0.732 bits per heavy atom. The smallest absolute Gasteiger partial charge is 0.408 e. The molecule has 7 nitrogen and oxygen atoms in total. The molecule has 0 saturated carbocycles. The number of alkyl carbamates (subject to hydrolysis) is 1. The highest BCUT2D eigenvalue weighted by molar-refractivity contribution is 5.87. The molecule has 0 unspecified atom stereocenters. The first-order valence-corrected chi connectivity index (χ1v) is 13.6. The molecule has 1 atom stereocenters. The Morgan fingerprint density at radius 2 is 1.24 bits per heavy atom. The fourth-order valence-electron chi connectivity index (χ4n) is 3.93. The first-order valence-electron chi connectivity index (χ1n) is 13.6. The van der Waals surface area contributed by atoms with Crippen molar-refractivity contribution < 1.29 is 28.6 Å². The minimum absolute atomic E-state index is 0.171. The van der Waals surface area contributed by atoms with Crippen LogP contribution in [0.4, 0.5) is 4.79 Å². The van der Waals surface area contributed by atoms with Gasteiger partial charge in [0.2, 0.25) is 0 Å². The van der Waals surface area contributed by atoms with E-state index in [-0.39, 0.29) is 6.42 Å². The van der Waals surface area contributed by atoms with Gasteiger partial charge in [-0.05, 0) is 69.9 Å². The number of carbonyl (C=O) groups is 3. The minimum Gasteiger partial charge on any atom is -0.457 e. The number of ether oxygens (including phenoxy) is 3. The monoisotopic (exact) mass is 557 g/mol. The lowest BCUT2D eigenvalue weighted by Gasteiger charge is -2.25. The highest BCUT2D eigenvalue weighted by atomic mass is 16.6. The van der Waals surface area contributed by atoms with Crippen molar-refractivity contribution in [1.29, 1.82) is 0 Å². The van der Waals surface area contributed by atoms with Crippen LogP contribution in [0.5, 0.6) is 0 Å². The van der Waals surface area contributed by atoms with Crippen LogP contribution in [-0.4, -0.2) is 35.3 Å². The number of rotatable bonds is 9. The quantitative estimate of drug-likeness (QED) is 0.177. The summed E-state index contributed by atoms with van der Waals surface area (Å²) in [5.74, 6) is -1.03. The molecule has 3 aromatic rings. The van der Waals surface area contributed by atoms with Crippen molar-refractivity contribution in [2.75, 3.05) is 0 Å². The van der Waals surface area contributed by atoms with E-state index in [0.717, 1.165) is 22.3 Å². The van der Waals surface area contributed by atoms with Crippen molar-refractivity contribution in [2.24, 2.45) is 0 Å². The predicted molar refractivity (Wildman–Crippen MR) is 159 cm³/mol. The van der Waals surface area contributed by atoms with Gasteiger partial charge in [-0.15, -0.1) is 0 Å². The van der Waals surface area contributed by atoms with Gasteiger partial charge in [0.05, 0.1) is 0 Å². The number of esters is 2. The lowest BCUT2D eigenvalue weighted by molar-refractivity contribution is -0.150. The van der Waals surface area contributed by atoms with Gasteiger partial charge in [0, 0.05) is 12.5 Å². The Morgan fingerprint density at radius 3 is 1.73 bits per heavy atom. The van der Waals surface area contributed by atoms with Crippen molar-refractivity contribution in [3.8, 4) is 0 Å². The Bertz CT molecular complexity index is 1280. The van der Waals surface area contributed by atoms with Crippen LogP contribution < -0.4 is 5.32 Å². The molecule has 0 saturated heterocycles. The summed E-state index contributed by atoms with van der Waals surface area (Å²) in [6, 6.07) is 25.2. The second-order valence-electron chi connectivity index (χ2n) is 11.6. The normalized spacial score (nSPS) is 12.6. The maximum absolute atomic E-state index is 13.6. The summed E-state index contributed by atoms with van der Waals surface area (Å²) in [7, 11) is 0. The van der Waals surface area contributed by atoms with Crippen molar-refractivity contribution in [3.63, 3.8) is 0 Å². The molecule has 1 amide bonds. The molecule has 0 fully saturated rings. The molecule has 0 aliphatic heterocycles. The van der Waals surface area contributed by atoms with Gasteiger partial charge in [0.25, 0.3) is 0 Å². The first kappa shape index (κ1) is 31.1. The molecule has 0 aliphatic carbocycles. The fraction of sp³-hybridized carbons (Fsp3) is 0.324. The van der Waals surface area contributed by atoms with Crippen LogP contribution in [0.15, 0.2) is 91.0 Å². The zero-order chi connectivity index (χ0) is 30.0. The van der Waals surface area contributed by atoms with E-state index in [4.69, 9.17) is 14.2 Å². The van der Waals surface area contributed by atoms with Crippen LogP contribution in [-0.2, 0) is 30.2 Å². The zero-order valence-electron chi connectivity index (χ0n) is 24.5. The summed E-state index contributed by atoms with van der Waals surface area (Å²) in [4.78, 5) is 38.3. The third-order valence-corrected chi connectivity index (χ3v) is 5.65. The second-order valence-corrected chi connectivity index (χ2v) is 11.6.